The van der Waals surface area contributed by atoms with Crippen molar-refractivity contribution in [2.24, 2.45) is 0 Å². The molecule has 0 spiro atoms. The number of hydrogen-bond donors (Lipinski definition) is 0. The van der Waals surface area contributed by atoms with Crippen LogP contribution in [0.1, 0.15) is 31.4 Å². The largest absolute Gasteiger partial charge is 0.446 e. The molecule has 2 rings (SSSR count). The SMILES string of the molecule is CC(=O)CC(=O)OC(C)N1Cc2ccccc2C1. The monoisotopic (exact) mass is 247 g/mol. The van der Waals surface area contributed by atoms with E-state index in [0.29, 0.717) is 0 Å². The number of ether oxygens (including phenoxy) is 1. The Balaban J connectivity index is 1.91. The minimum Gasteiger partial charge on any atom is -0.446 e. The predicted octanol–water partition coefficient (Wildman–Crippen LogP) is 1.87. The van der Waals surface area contributed by atoms with Gasteiger partial charge in [0.25, 0.3) is 0 Å². The van der Waals surface area contributed by atoms with Crippen molar-refractivity contribution in [2.45, 2.75) is 39.6 Å². The van der Waals surface area contributed by atoms with Gasteiger partial charge in [0.2, 0.25) is 0 Å². The molecule has 0 saturated carbocycles. The second kappa shape index (κ2) is 5.31. The lowest BCUT2D eigenvalue weighted by Crippen LogP contribution is -2.32. The first-order valence-corrected chi connectivity index (χ1v) is 6.06. The Bertz CT molecular complexity index is 445. The van der Waals surface area contributed by atoms with E-state index < -0.39 is 5.97 Å². The van der Waals surface area contributed by atoms with Gasteiger partial charge in [0.15, 0.2) is 6.23 Å². The second-order valence-corrected chi connectivity index (χ2v) is 4.64. The van der Waals surface area contributed by atoms with Crippen LogP contribution in [0.3, 0.4) is 0 Å². The molecule has 4 nitrogen and oxygen atoms in total. The zero-order chi connectivity index (χ0) is 13.1. The molecule has 1 aromatic rings. The standard InChI is InChI=1S/C14H17NO3/c1-10(16)7-14(17)18-11(2)15-8-12-5-3-4-6-13(12)9-15/h3-6,11H,7-9H2,1-2H3. The van der Waals surface area contributed by atoms with E-state index in [2.05, 4.69) is 17.0 Å². The minimum absolute atomic E-state index is 0.148. The number of Topliss-reactive ketones (excluding diaryl/α,β-unsaturated/α-hetero) is 1. The molecule has 0 aliphatic carbocycles. The maximum atomic E-state index is 11.4. The third-order valence-electron chi connectivity index (χ3n) is 3.07. The summed E-state index contributed by atoms with van der Waals surface area (Å²) >= 11 is 0. The average Bonchev–Trinajstić information content (AvgIpc) is 2.71. The third-order valence-corrected chi connectivity index (χ3v) is 3.07. The Morgan fingerprint density at radius 2 is 1.83 bits per heavy atom. The molecule has 1 unspecified atom stereocenters. The van der Waals surface area contributed by atoms with Crippen LogP contribution in [0.5, 0.6) is 0 Å². The fourth-order valence-electron chi connectivity index (χ4n) is 2.13. The maximum Gasteiger partial charge on any atom is 0.314 e. The number of ketones is 1. The first-order chi connectivity index (χ1) is 8.56. The van der Waals surface area contributed by atoms with E-state index >= 15 is 0 Å². The average molecular weight is 247 g/mol. The molecule has 0 saturated heterocycles. The molecule has 18 heavy (non-hydrogen) atoms. The Morgan fingerprint density at radius 3 is 2.33 bits per heavy atom. The zero-order valence-corrected chi connectivity index (χ0v) is 10.7. The van der Waals surface area contributed by atoms with Gasteiger partial charge in [-0.05, 0) is 25.0 Å². The number of carbonyl (C=O) groups excluding carboxylic acids is 2. The second-order valence-electron chi connectivity index (χ2n) is 4.64. The van der Waals surface area contributed by atoms with Gasteiger partial charge in [0, 0.05) is 13.1 Å². The van der Waals surface area contributed by atoms with Crippen LogP contribution in [0.2, 0.25) is 0 Å². The quantitative estimate of drug-likeness (QED) is 0.602. The van der Waals surface area contributed by atoms with Gasteiger partial charge in [-0.2, -0.15) is 0 Å². The number of carbonyl (C=O) groups is 2. The van der Waals surface area contributed by atoms with Crippen molar-refractivity contribution in [1.82, 2.24) is 4.90 Å². The summed E-state index contributed by atoms with van der Waals surface area (Å²) < 4.78 is 5.24. The summed E-state index contributed by atoms with van der Waals surface area (Å²) in [5.74, 6) is -0.622. The van der Waals surface area contributed by atoms with Gasteiger partial charge >= 0.3 is 5.97 Å². The molecular weight excluding hydrogens is 230 g/mol. The van der Waals surface area contributed by atoms with Gasteiger partial charge in [-0.15, -0.1) is 0 Å². The number of esters is 1. The molecule has 96 valence electrons. The highest BCUT2D eigenvalue weighted by Crippen LogP contribution is 2.24. The summed E-state index contributed by atoms with van der Waals surface area (Å²) in [6, 6.07) is 8.18. The van der Waals surface area contributed by atoms with Gasteiger partial charge in [-0.1, -0.05) is 24.3 Å². The fraction of sp³-hybridized carbons (Fsp3) is 0.429. The lowest BCUT2D eigenvalue weighted by atomic mass is 10.1. The Kier molecular flexibility index (Phi) is 3.77. The van der Waals surface area contributed by atoms with Gasteiger partial charge in [-0.3, -0.25) is 14.5 Å². The molecule has 1 aliphatic heterocycles. The van der Waals surface area contributed by atoms with E-state index in [9.17, 15) is 9.59 Å². The van der Waals surface area contributed by atoms with Crippen molar-refractivity contribution in [1.29, 1.82) is 0 Å². The predicted molar refractivity (Wildman–Crippen MR) is 66.5 cm³/mol. The number of hydrogen-bond acceptors (Lipinski definition) is 4. The molecule has 1 atom stereocenters. The zero-order valence-electron chi connectivity index (χ0n) is 10.7. The molecular formula is C14H17NO3. The molecule has 0 bridgehead atoms. The molecule has 1 heterocycles. The van der Waals surface area contributed by atoms with Crippen LogP contribution >= 0.6 is 0 Å². The first kappa shape index (κ1) is 12.8. The summed E-state index contributed by atoms with van der Waals surface area (Å²) in [6.45, 7) is 4.79. The van der Waals surface area contributed by atoms with Crippen LogP contribution in [-0.2, 0) is 27.4 Å². The number of nitrogens with zero attached hydrogens (tertiary/aromatic N) is 1. The van der Waals surface area contributed by atoms with Crippen molar-refractivity contribution in [3.8, 4) is 0 Å². The summed E-state index contributed by atoms with van der Waals surface area (Å²) in [7, 11) is 0. The van der Waals surface area contributed by atoms with Crippen molar-refractivity contribution in [3.63, 3.8) is 0 Å². The van der Waals surface area contributed by atoms with E-state index in [4.69, 9.17) is 4.74 Å². The van der Waals surface area contributed by atoms with Crippen LogP contribution in [0.4, 0.5) is 0 Å². The van der Waals surface area contributed by atoms with Crippen molar-refractivity contribution in [3.05, 3.63) is 35.4 Å². The summed E-state index contributed by atoms with van der Waals surface area (Å²) in [5.41, 5.74) is 2.54. The Labute approximate surface area is 107 Å². The van der Waals surface area contributed by atoms with Crippen LogP contribution < -0.4 is 0 Å². The summed E-state index contributed by atoms with van der Waals surface area (Å²) in [5, 5.41) is 0. The van der Waals surface area contributed by atoms with Crippen molar-refractivity contribution >= 4 is 11.8 Å². The van der Waals surface area contributed by atoms with Crippen molar-refractivity contribution < 1.29 is 14.3 Å². The van der Waals surface area contributed by atoms with E-state index in [0.717, 1.165) is 13.1 Å². The molecule has 1 aromatic carbocycles. The van der Waals surface area contributed by atoms with E-state index in [-0.39, 0.29) is 18.4 Å². The van der Waals surface area contributed by atoms with Crippen LogP contribution in [0.15, 0.2) is 24.3 Å². The van der Waals surface area contributed by atoms with Crippen LogP contribution in [0.25, 0.3) is 0 Å². The van der Waals surface area contributed by atoms with E-state index in [1.165, 1.54) is 18.1 Å². The maximum absolute atomic E-state index is 11.4. The molecule has 0 amide bonds. The Hall–Kier alpha value is -1.68. The van der Waals surface area contributed by atoms with Gasteiger partial charge in [-0.25, -0.2) is 0 Å². The molecule has 4 heteroatoms. The van der Waals surface area contributed by atoms with E-state index in [1.807, 2.05) is 19.1 Å². The molecule has 0 N–H and O–H groups in total. The molecule has 1 aliphatic rings. The lowest BCUT2D eigenvalue weighted by molar-refractivity contribution is -0.159. The lowest BCUT2D eigenvalue weighted by Gasteiger charge is -2.23. The van der Waals surface area contributed by atoms with Gasteiger partial charge < -0.3 is 4.74 Å². The van der Waals surface area contributed by atoms with Crippen LogP contribution in [0, 0.1) is 0 Å². The number of benzene rings is 1. The number of rotatable bonds is 4. The van der Waals surface area contributed by atoms with E-state index in [1.54, 1.807) is 0 Å². The summed E-state index contributed by atoms with van der Waals surface area (Å²) in [6.07, 6.45) is -0.449. The van der Waals surface area contributed by atoms with Crippen molar-refractivity contribution in [2.75, 3.05) is 0 Å². The highest BCUT2D eigenvalue weighted by atomic mass is 16.6. The smallest absolute Gasteiger partial charge is 0.314 e. The fourth-order valence-corrected chi connectivity index (χ4v) is 2.13. The summed E-state index contributed by atoms with van der Waals surface area (Å²) in [4.78, 5) is 24.3. The van der Waals surface area contributed by atoms with Gasteiger partial charge in [0.1, 0.15) is 12.2 Å². The normalized spacial score (nSPS) is 16.1. The third kappa shape index (κ3) is 2.96. The topological polar surface area (TPSA) is 46.6 Å². The highest BCUT2D eigenvalue weighted by Gasteiger charge is 2.25. The molecule has 0 radical (unpaired) electrons. The first-order valence-electron chi connectivity index (χ1n) is 6.06. The Morgan fingerprint density at radius 1 is 1.28 bits per heavy atom. The molecule has 0 aromatic heterocycles. The molecule has 0 fully saturated rings. The minimum atomic E-state index is -0.453. The van der Waals surface area contributed by atoms with Gasteiger partial charge in [0.05, 0.1) is 0 Å². The number of fused-ring (bicyclic) bond motifs is 1. The van der Waals surface area contributed by atoms with Crippen LogP contribution in [-0.4, -0.2) is 22.9 Å². The highest BCUT2D eigenvalue weighted by molar-refractivity contribution is 5.94.